The van der Waals surface area contributed by atoms with Crippen molar-refractivity contribution in [1.82, 2.24) is 24.5 Å². The summed E-state index contributed by atoms with van der Waals surface area (Å²) < 4.78 is 2.05. The third-order valence-corrected chi connectivity index (χ3v) is 3.41. The lowest BCUT2D eigenvalue weighted by molar-refractivity contribution is 0.796. The fourth-order valence-electron chi connectivity index (χ4n) is 1.82. The Labute approximate surface area is 102 Å². The predicted molar refractivity (Wildman–Crippen MR) is 67.9 cm³/mol. The molecule has 0 fully saturated rings. The molecule has 0 spiro atoms. The Morgan fingerprint density at radius 3 is 2.76 bits per heavy atom. The second-order valence-corrected chi connectivity index (χ2v) is 4.44. The Hall–Kier alpha value is -1.82. The number of aromatic amines is 1. The summed E-state index contributed by atoms with van der Waals surface area (Å²) in [5, 5.41) is 0.986. The van der Waals surface area contributed by atoms with Crippen molar-refractivity contribution in [2.75, 3.05) is 6.26 Å². The average molecular weight is 245 g/mol. The van der Waals surface area contributed by atoms with Crippen LogP contribution in [0.1, 0.15) is 0 Å². The van der Waals surface area contributed by atoms with Crippen LogP contribution in [0, 0.1) is 0 Å². The van der Waals surface area contributed by atoms with Crippen LogP contribution in [0.15, 0.2) is 29.8 Å². The minimum Gasteiger partial charge on any atom is -0.337 e. The van der Waals surface area contributed by atoms with Crippen molar-refractivity contribution in [2.45, 2.75) is 5.16 Å². The van der Waals surface area contributed by atoms with E-state index >= 15 is 0 Å². The van der Waals surface area contributed by atoms with E-state index in [1.54, 1.807) is 24.2 Å². The second kappa shape index (κ2) is 3.89. The molecule has 0 saturated carbocycles. The van der Waals surface area contributed by atoms with Gasteiger partial charge in [-0.1, -0.05) is 11.8 Å². The van der Waals surface area contributed by atoms with Crippen LogP contribution < -0.4 is 0 Å². The van der Waals surface area contributed by atoms with Gasteiger partial charge in [-0.15, -0.1) is 0 Å². The maximum Gasteiger partial charge on any atom is 0.167 e. The van der Waals surface area contributed by atoms with E-state index in [0.717, 1.165) is 27.7 Å². The van der Waals surface area contributed by atoms with Gasteiger partial charge in [-0.05, 0) is 12.3 Å². The number of nitrogens with zero attached hydrogens (tertiary/aromatic N) is 4. The number of fused-ring (bicyclic) bond motifs is 1. The molecule has 86 valence electrons. The molecular formula is C11H11N5S. The predicted octanol–water partition coefficient (Wildman–Crippen LogP) is 2.08. The van der Waals surface area contributed by atoms with Crippen LogP contribution >= 0.6 is 11.8 Å². The molecule has 0 aliphatic rings. The normalized spacial score (nSPS) is 11.2. The van der Waals surface area contributed by atoms with Gasteiger partial charge in [0.1, 0.15) is 5.52 Å². The molecule has 6 heteroatoms. The number of hydrogen-bond donors (Lipinski definition) is 1. The van der Waals surface area contributed by atoms with Crippen molar-refractivity contribution < 1.29 is 0 Å². The quantitative estimate of drug-likeness (QED) is 0.702. The summed E-state index contributed by atoms with van der Waals surface area (Å²) in [6.07, 6.45) is 7.24. The lowest BCUT2D eigenvalue weighted by Crippen LogP contribution is -1.93. The van der Waals surface area contributed by atoms with E-state index in [0.29, 0.717) is 0 Å². The zero-order valence-electron chi connectivity index (χ0n) is 9.51. The summed E-state index contributed by atoms with van der Waals surface area (Å²) in [5.41, 5.74) is 3.69. The fraction of sp³-hybridized carbons (Fsp3) is 0.182. The van der Waals surface area contributed by atoms with Crippen LogP contribution in [-0.2, 0) is 7.05 Å². The Bertz CT molecular complexity index is 636. The average Bonchev–Trinajstić information content (AvgIpc) is 2.91. The Morgan fingerprint density at radius 2 is 2.06 bits per heavy atom. The van der Waals surface area contributed by atoms with E-state index in [4.69, 9.17) is 0 Å². The molecule has 3 heterocycles. The highest BCUT2D eigenvalue weighted by atomic mass is 32.2. The molecule has 0 aliphatic heterocycles. The summed E-state index contributed by atoms with van der Waals surface area (Å²) in [7, 11) is 2.00. The second-order valence-electron chi connectivity index (χ2n) is 3.66. The minimum atomic E-state index is 0.800. The van der Waals surface area contributed by atoms with Crippen LogP contribution in [0.3, 0.4) is 0 Å². The van der Waals surface area contributed by atoms with Crippen molar-refractivity contribution in [3.63, 3.8) is 0 Å². The van der Waals surface area contributed by atoms with Crippen molar-refractivity contribution in [3.8, 4) is 11.4 Å². The maximum absolute atomic E-state index is 4.35. The summed E-state index contributed by atoms with van der Waals surface area (Å²) in [6.45, 7) is 0. The Morgan fingerprint density at radius 1 is 1.24 bits per heavy atom. The molecule has 1 N–H and O–H groups in total. The molecule has 3 aromatic rings. The first-order valence-corrected chi connectivity index (χ1v) is 6.38. The van der Waals surface area contributed by atoms with Crippen molar-refractivity contribution in [2.24, 2.45) is 7.05 Å². The monoisotopic (exact) mass is 245 g/mol. The van der Waals surface area contributed by atoms with Gasteiger partial charge in [0.15, 0.2) is 10.8 Å². The molecule has 0 unspecified atom stereocenters. The number of aromatic nitrogens is 5. The van der Waals surface area contributed by atoms with Gasteiger partial charge in [-0.3, -0.25) is 4.98 Å². The molecular weight excluding hydrogens is 234 g/mol. The number of hydrogen-bond acceptors (Lipinski definition) is 4. The SMILES string of the molecule is CSc1ncc(-c2cc3nccnc3[nH]2)n1C. The lowest BCUT2D eigenvalue weighted by atomic mass is 10.3. The van der Waals surface area contributed by atoms with E-state index in [2.05, 4.69) is 24.5 Å². The third-order valence-electron chi connectivity index (χ3n) is 2.66. The molecule has 0 aliphatic carbocycles. The molecule has 0 saturated heterocycles. The van der Waals surface area contributed by atoms with Gasteiger partial charge in [0, 0.05) is 19.4 Å². The summed E-state index contributed by atoms with van der Waals surface area (Å²) in [4.78, 5) is 16.1. The van der Waals surface area contributed by atoms with Crippen molar-refractivity contribution in [3.05, 3.63) is 24.7 Å². The van der Waals surface area contributed by atoms with E-state index in [1.807, 2.05) is 25.6 Å². The molecule has 0 amide bonds. The lowest BCUT2D eigenvalue weighted by Gasteiger charge is -2.01. The molecule has 0 aromatic carbocycles. The molecule has 3 aromatic heterocycles. The largest absolute Gasteiger partial charge is 0.337 e. The first kappa shape index (κ1) is 10.3. The van der Waals surface area contributed by atoms with E-state index in [-0.39, 0.29) is 0 Å². The van der Waals surface area contributed by atoms with Gasteiger partial charge in [0.05, 0.1) is 17.6 Å². The van der Waals surface area contributed by atoms with Gasteiger partial charge in [0.25, 0.3) is 0 Å². The van der Waals surface area contributed by atoms with E-state index < -0.39 is 0 Å². The van der Waals surface area contributed by atoms with Crippen LogP contribution in [0.4, 0.5) is 0 Å². The molecule has 5 nitrogen and oxygen atoms in total. The number of imidazole rings is 1. The van der Waals surface area contributed by atoms with Crippen LogP contribution in [0.5, 0.6) is 0 Å². The Kier molecular flexibility index (Phi) is 2.36. The highest BCUT2D eigenvalue weighted by Crippen LogP contribution is 2.24. The fourth-order valence-corrected chi connectivity index (χ4v) is 2.35. The molecule has 0 radical (unpaired) electrons. The molecule has 3 rings (SSSR count). The molecule has 0 bridgehead atoms. The molecule has 17 heavy (non-hydrogen) atoms. The van der Waals surface area contributed by atoms with Gasteiger partial charge in [0.2, 0.25) is 0 Å². The smallest absolute Gasteiger partial charge is 0.167 e. The van der Waals surface area contributed by atoms with Gasteiger partial charge < -0.3 is 9.55 Å². The number of nitrogens with one attached hydrogen (secondary N) is 1. The standard InChI is InChI=1S/C11H11N5S/c1-16-9(6-14-11(16)17-2)7-5-8-10(15-7)13-4-3-12-8/h3-6H,1-2H3,(H,13,15). The van der Waals surface area contributed by atoms with Crippen LogP contribution in [0.25, 0.3) is 22.6 Å². The minimum absolute atomic E-state index is 0.800. The van der Waals surface area contributed by atoms with Gasteiger partial charge in [-0.25, -0.2) is 9.97 Å². The maximum atomic E-state index is 4.35. The number of thioether (sulfide) groups is 1. The van der Waals surface area contributed by atoms with Gasteiger partial charge >= 0.3 is 0 Å². The van der Waals surface area contributed by atoms with Crippen LogP contribution in [0.2, 0.25) is 0 Å². The Balaban J connectivity index is 2.17. The number of H-pyrrole nitrogens is 1. The highest BCUT2D eigenvalue weighted by Gasteiger charge is 2.10. The highest BCUT2D eigenvalue weighted by molar-refractivity contribution is 7.98. The molecule has 0 atom stereocenters. The third kappa shape index (κ3) is 1.61. The first-order valence-electron chi connectivity index (χ1n) is 5.15. The van der Waals surface area contributed by atoms with Gasteiger partial charge in [-0.2, -0.15) is 0 Å². The van der Waals surface area contributed by atoms with Crippen molar-refractivity contribution in [1.29, 1.82) is 0 Å². The number of rotatable bonds is 2. The van der Waals surface area contributed by atoms with E-state index in [1.165, 1.54) is 0 Å². The van der Waals surface area contributed by atoms with E-state index in [9.17, 15) is 0 Å². The topological polar surface area (TPSA) is 59.4 Å². The summed E-state index contributed by atoms with van der Waals surface area (Å²) in [5.74, 6) is 0. The summed E-state index contributed by atoms with van der Waals surface area (Å²) in [6, 6.07) is 1.99. The van der Waals surface area contributed by atoms with Crippen LogP contribution in [-0.4, -0.2) is 30.8 Å². The van der Waals surface area contributed by atoms with Crippen molar-refractivity contribution >= 4 is 22.9 Å². The first-order chi connectivity index (χ1) is 8.29. The zero-order chi connectivity index (χ0) is 11.8. The summed E-state index contributed by atoms with van der Waals surface area (Å²) >= 11 is 1.62. The zero-order valence-corrected chi connectivity index (χ0v) is 10.3.